The second-order valence-electron chi connectivity index (χ2n) is 5.22. The van der Waals surface area contributed by atoms with Crippen molar-refractivity contribution < 1.29 is 18.0 Å². The van der Waals surface area contributed by atoms with Gasteiger partial charge in [0.1, 0.15) is 5.76 Å². The lowest BCUT2D eigenvalue weighted by molar-refractivity contribution is -0.113. The van der Waals surface area contributed by atoms with E-state index in [9.17, 15) is 13.6 Å². The van der Waals surface area contributed by atoms with Gasteiger partial charge < -0.3 is 14.3 Å². The number of furan rings is 1. The molecule has 0 bridgehead atoms. The molecule has 0 atom stereocenters. The van der Waals surface area contributed by atoms with E-state index in [4.69, 9.17) is 4.42 Å². The number of anilines is 1. The van der Waals surface area contributed by atoms with E-state index in [0.717, 1.165) is 23.5 Å². The summed E-state index contributed by atoms with van der Waals surface area (Å²) in [5, 5.41) is 11.2. The first kappa shape index (κ1) is 17.2. The Hall–Kier alpha value is -2.68. The van der Waals surface area contributed by atoms with Crippen LogP contribution in [0.25, 0.3) is 11.4 Å². The van der Waals surface area contributed by atoms with Crippen LogP contribution in [0.4, 0.5) is 14.5 Å². The fourth-order valence-corrected chi connectivity index (χ4v) is 2.90. The van der Waals surface area contributed by atoms with Crippen LogP contribution in [-0.2, 0) is 11.8 Å². The van der Waals surface area contributed by atoms with Gasteiger partial charge in [0.05, 0.1) is 17.6 Å². The summed E-state index contributed by atoms with van der Waals surface area (Å²) in [5.41, 5.74) is 1.02. The van der Waals surface area contributed by atoms with Crippen LogP contribution in [0.2, 0.25) is 0 Å². The molecule has 1 aromatic carbocycles. The van der Waals surface area contributed by atoms with Crippen molar-refractivity contribution in [2.45, 2.75) is 12.1 Å². The van der Waals surface area contributed by atoms with E-state index < -0.39 is 11.6 Å². The van der Waals surface area contributed by atoms with Gasteiger partial charge in [-0.25, -0.2) is 8.78 Å². The molecule has 0 aliphatic heterocycles. The lowest BCUT2D eigenvalue weighted by Gasteiger charge is -2.06. The summed E-state index contributed by atoms with van der Waals surface area (Å²) in [4.78, 5) is 12.0. The third-order valence-corrected chi connectivity index (χ3v) is 4.49. The Morgan fingerprint density at radius 2 is 2.08 bits per heavy atom. The van der Waals surface area contributed by atoms with Gasteiger partial charge >= 0.3 is 0 Å². The topological polar surface area (TPSA) is 72.9 Å². The fraction of sp³-hybridized carbons (Fsp3) is 0.188. The number of amides is 1. The van der Waals surface area contributed by atoms with Gasteiger partial charge in [0.25, 0.3) is 0 Å². The summed E-state index contributed by atoms with van der Waals surface area (Å²) < 4.78 is 33.0. The zero-order valence-corrected chi connectivity index (χ0v) is 14.2. The van der Waals surface area contributed by atoms with Gasteiger partial charge in [-0.3, -0.25) is 4.79 Å². The molecule has 0 unspecified atom stereocenters. The molecular formula is C16H14F2N4O2S. The number of thioether (sulfide) groups is 1. The Kier molecular flexibility index (Phi) is 4.84. The summed E-state index contributed by atoms with van der Waals surface area (Å²) in [7, 11) is 1.79. The van der Waals surface area contributed by atoms with Crippen LogP contribution < -0.4 is 5.32 Å². The highest BCUT2D eigenvalue weighted by atomic mass is 32.2. The number of hydrogen-bond donors (Lipinski definition) is 1. The Morgan fingerprint density at radius 3 is 2.76 bits per heavy atom. The average Bonchev–Trinajstić information content (AvgIpc) is 3.14. The molecule has 0 spiro atoms. The van der Waals surface area contributed by atoms with Crippen molar-refractivity contribution in [1.82, 2.24) is 14.8 Å². The molecular weight excluding hydrogens is 350 g/mol. The van der Waals surface area contributed by atoms with Gasteiger partial charge in [0.15, 0.2) is 22.6 Å². The monoisotopic (exact) mass is 364 g/mol. The zero-order chi connectivity index (χ0) is 18.0. The van der Waals surface area contributed by atoms with E-state index in [1.54, 1.807) is 23.9 Å². The second-order valence-corrected chi connectivity index (χ2v) is 6.16. The summed E-state index contributed by atoms with van der Waals surface area (Å²) in [6.07, 6.45) is 1.57. The number of benzene rings is 1. The van der Waals surface area contributed by atoms with E-state index in [2.05, 4.69) is 15.5 Å². The maximum Gasteiger partial charge on any atom is 0.234 e. The SMILES string of the molecule is Cc1occc1-c1nnc(SCC(=O)Nc2ccc(F)c(F)c2)n1C. The van der Waals surface area contributed by atoms with Crippen molar-refractivity contribution >= 4 is 23.4 Å². The number of halogens is 2. The van der Waals surface area contributed by atoms with Gasteiger partial charge in [-0.05, 0) is 25.1 Å². The molecule has 0 radical (unpaired) electrons. The molecule has 0 saturated heterocycles. The fourth-order valence-electron chi connectivity index (χ4n) is 2.19. The first-order valence-corrected chi connectivity index (χ1v) is 8.26. The van der Waals surface area contributed by atoms with Gasteiger partial charge in [0, 0.05) is 18.8 Å². The van der Waals surface area contributed by atoms with Crippen LogP contribution in [0.15, 0.2) is 40.1 Å². The Bertz CT molecular complexity index is 923. The maximum atomic E-state index is 13.1. The smallest absolute Gasteiger partial charge is 0.234 e. The summed E-state index contributed by atoms with van der Waals surface area (Å²) in [6.45, 7) is 1.83. The van der Waals surface area contributed by atoms with Gasteiger partial charge in [0.2, 0.25) is 5.91 Å². The largest absolute Gasteiger partial charge is 0.469 e. The van der Waals surface area contributed by atoms with E-state index in [1.807, 2.05) is 6.92 Å². The molecule has 2 heterocycles. The highest BCUT2D eigenvalue weighted by Gasteiger charge is 2.16. The average molecular weight is 364 g/mol. The quantitative estimate of drug-likeness (QED) is 0.703. The second kappa shape index (κ2) is 7.06. The molecule has 0 saturated carbocycles. The zero-order valence-electron chi connectivity index (χ0n) is 13.4. The van der Waals surface area contributed by atoms with Crippen LogP contribution in [0.3, 0.4) is 0 Å². The number of carbonyl (C=O) groups is 1. The molecule has 9 heteroatoms. The third kappa shape index (κ3) is 3.71. The minimum atomic E-state index is -1.01. The highest BCUT2D eigenvalue weighted by molar-refractivity contribution is 7.99. The first-order valence-electron chi connectivity index (χ1n) is 7.27. The predicted molar refractivity (Wildman–Crippen MR) is 89.2 cm³/mol. The minimum absolute atomic E-state index is 0.0509. The van der Waals surface area contributed by atoms with Crippen molar-refractivity contribution in [3.8, 4) is 11.4 Å². The first-order chi connectivity index (χ1) is 12.0. The minimum Gasteiger partial charge on any atom is -0.469 e. The van der Waals surface area contributed by atoms with Crippen LogP contribution in [0.5, 0.6) is 0 Å². The van der Waals surface area contributed by atoms with Gasteiger partial charge in [-0.1, -0.05) is 11.8 Å². The molecule has 130 valence electrons. The normalized spacial score (nSPS) is 10.9. The number of aromatic nitrogens is 3. The number of rotatable bonds is 5. The molecule has 25 heavy (non-hydrogen) atoms. The molecule has 1 N–H and O–H groups in total. The lowest BCUT2D eigenvalue weighted by Crippen LogP contribution is -2.14. The van der Waals surface area contributed by atoms with Crippen LogP contribution in [0.1, 0.15) is 5.76 Å². The van der Waals surface area contributed by atoms with Gasteiger partial charge in [-0.15, -0.1) is 10.2 Å². The standard InChI is InChI=1S/C16H14F2N4O2S/c1-9-11(5-6-24-9)15-20-21-16(22(15)2)25-8-14(23)19-10-3-4-12(17)13(18)7-10/h3-7H,8H2,1-2H3,(H,19,23). The Morgan fingerprint density at radius 1 is 1.28 bits per heavy atom. The molecule has 2 aromatic heterocycles. The molecule has 3 aromatic rings. The van der Waals surface area contributed by atoms with E-state index in [0.29, 0.717) is 11.0 Å². The van der Waals surface area contributed by atoms with E-state index >= 15 is 0 Å². The van der Waals surface area contributed by atoms with E-state index in [1.165, 1.54) is 17.8 Å². The molecule has 0 aliphatic rings. The van der Waals surface area contributed by atoms with Gasteiger partial charge in [-0.2, -0.15) is 0 Å². The van der Waals surface area contributed by atoms with Crippen molar-refractivity contribution in [3.63, 3.8) is 0 Å². The van der Waals surface area contributed by atoms with Crippen LogP contribution >= 0.6 is 11.8 Å². The predicted octanol–water partition coefficient (Wildman–Crippen LogP) is 3.39. The highest BCUT2D eigenvalue weighted by Crippen LogP contribution is 2.25. The number of carbonyl (C=O) groups excluding carboxylic acids is 1. The van der Waals surface area contributed by atoms with Crippen LogP contribution in [0, 0.1) is 18.6 Å². The van der Waals surface area contributed by atoms with Crippen molar-refractivity contribution in [2.75, 3.05) is 11.1 Å². The van der Waals surface area contributed by atoms with E-state index in [-0.39, 0.29) is 17.3 Å². The van der Waals surface area contributed by atoms with Crippen molar-refractivity contribution in [2.24, 2.45) is 7.05 Å². The Labute approximate surface area is 146 Å². The summed E-state index contributed by atoms with van der Waals surface area (Å²) in [5.74, 6) is -0.930. The van der Waals surface area contributed by atoms with Crippen molar-refractivity contribution in [3.05, 3.63) is 47.9 Å². The van der Waals surface area contributed by atoms with Crippen molar-refractivity contribution in [1.29, 1.82) is 0 Å². The number of nitrogens with one attached hydrogen (secondary N) is 1. The number of hydrogen-bond acceptors (Lipinski definition) is 5. The third-order valence-electron chi connectivity index (χ3n) is 3.47. The lowest BCUT2D eigenvalue weighted by atomic mass is 10.2. The Balaban J connectivity index is 1.64. The number of aryl methyl sites for hydroxylation is 1. The molecule has 6 nitrogen and oxygen atoms in total. The summed E-state index contributed by atoms with van der Waals surface area (Å²) in [6, 6.07) is 4.98. The number of nitrogens with zero attached hydrogens (tertiary/aromatic N) is 3. The molecule has 3 rings (SSSR count). The maximum absolute atomic E-state index is 13.1. The molecule has 0 aliphatic carbocycles. The molecule has 1 amide bonds. The molecule has 0 fully saturated rings. The van der Waals surface area contributed by atoms with Crippen LogP contribution in [-0.4, -0.2) is 26.4 Å². The summed E-state index contributed by atoms with van der Waals surface area (Å²) >= 11 is 1.18.